The molecule has 0 saturated carbocycles. The molecule has 4 heterocycles. The van der Waals surface area contributed by atoms with E-state index >= 15 is 0 Å². The van der Waals surface area contributed by atoms with Crippen LogP contribution < -0.4 is 4.90 Å². The molecular formula is C22H21N5O. The fourth-order valence-electron chi connectivity index (χ4n) is 4.15. The summed E-state index contributed by atoms with van der Waals surface area (Å²) >= 11 is 0. The molecule has 1 aliphatic heterocycles. The van der Waals surface area contributed by atoms with Crippen LogP contribution in [0, 0.1) is 18.3 Å². The number of nitrogens with one attached hydrogen (secondary N) is 1. The summed E-state index contributed by atoms with van der Waals surface area (Å²) in [5, 5.41) is 1.03. The molecule has 5 rings (SSSR count). The van der Waals surface area contributed by atoms with Crippen molar-refractivity contribution in [3.63, 3.8) is 0 Å². The first-order valence-corrected chi connectivity index (χ1v) is 9.44. The van der Waals surface area contributed by atoms with E-state index in [1.54, 1.807) is 4.90 Å². The minimum absolute atomic E-state index is 0.0805. The molecule has 1 aliphatic carbocycles. The minimum Gasteiger partial charge on any atom is -0.346 e. The minimum atomic E-state index is -0.482. The summed E-state index contributed by atoms with van der Waals surface area (Å²) in [7, 11) is 0. The number of H-pyrrole nitrogens is 1. The molecule has 1 saturated heterocycles. The number of aromatic amines is 1. The fraction of sp³-hybridized carbons (Fsp3) is 0.273. The molecule has 0 radical (unpaired) electrons. The molecule has 1 fully saturated rings. The third-order valence-electron chi connectivity index (χ3n) is 5.86. The van der Waals surface area contributed by atoms with Gasteiger partial charge in [0.1, 0.15) is 17.3 Å². The van der Waals surface area contributed by atoms with E-state index in [0.717, 1.165) is 40.1 Å². The Kier molecular flexibility index (Phi) is 3.53. The lowest BCUT2D eigenvalue weighted by atomic mass is 9.75. The van der Waals surface area contributed by atoms with Crippen LogP contribution in [-0.4, -0.2) is 25.8 Å². The van der Waals surface area contributed by atoms with E-state index in [9.17, 15) is 4.79 Å². The number of nitrogens with zero attached hydrogens (tertiary/aromatic N) is 4. The summed E-state index contributed by atoms with van der Waals surface area (Å²) in [6.45, 7) is 5.92. The van der Waals surface area contributed by atoms with Gasteiger partial charge in [-0.3, -0.25) is 9.69 Å². The Bertz CT molecular complexity index is 1150. The summed E-state index contributed by atoms with van der Waals surface area (Å²) in [6.07, 6.45) is 10.6. The topological polar surface area (TPSA) is 74.8 Å². The number of anilines is 1. The first kappa shape index (κ1) is 16.9. The van der Waals surface area contributed by atoms with Crippen LogP contribution in [0.4, 0.5) is 5.82 Å². The molecule has 3 aromatic heterocycles. The Morgan fingerprint density at radius 2 is 1.96 bits per heavy atom. The predicted molar refractivity (Wildman–Crippen MR) is 108 cm³/mol. The SMILES string of the molecule is Cc1ncc(C2=CCC3C(=C2)N(c2ccc4cc[nH]c4n2)C(=O)C3(C)C)cn1. The van der Waals surface area contributed by atoms with E-state index in [0.29, 0.717) is 5.82 Å². The Balaban J connectivity index is 1.62. The van der Waals surface area contributed by atoms with Gasteiger partial charge in [-0.1, -0.05) is 19.9 Å². The van der Waals surface area contributed by atoms with Crippen molar-refractivity contribution in [1.82, 2.24) is 19.9 Å². The smallest absolute Gasteiger partial charge is 0.238 e. The van der Waals surface area contributed by atoms with Crippen LogP contribution in [0.5, 0.6) is 0 Å². The van der Waals surface area contributed by atoms with Crippen LogP contribution in [0.3, 0.4) is 0 Å². The van der Waals surface area contributed by atoms with Crippen LogP contribution in [0.25, 0.3) is 16.6 Å². The highest BCUT2D eigenvalue weighted by Gasteiger charge is 2.51. The van der Waals surface area contributed by atoms with Crippen LogP contribution in [0.15, 0.2) is 54.6 Å². The molecule has 6 heteroatoms. The van der Waals surface area contributed by atoms with Crippen molar-refractivity contribution in [3.05, 3.63) is 66.0 Å². The van der Waals surface area contributed by atoms with E-state index in [2.05, 4.69) is 27.1 Å². The molecule has 1 unspecified atom stereocenters. The van der Waals surface area contributed by atoms with E-state index in [-0.39, 0.29) is 11.8 Å². The number of rotatable bonds is 2. The molecule has 6 nitrogen and oxygen atoms in total. The van der Waals surface area contributed by atoms with E-state index in [1.807, 2.05) is 57.6 Å². The van der Waals surface area contributed by atoms with E-state index in [4.69, 9.17) is 4.98 Å². The van der Waals surface area contributed by atoms with Gasteiger partial charge in [-0.15, -0.1) is 0 Å². The van der Waals surface area contributed by atoms with Crippen molar-refractivity contribution >= 4 is 28.3 Å². The number of carbonyl (C=O) groups is 1. The number of amides is 1. The average molecular weight is 371 g/mol. The summed E-state index contributed by atoms with van der Waals surface area (Å²) in [5.41, 5.74) is 3.30. The third-order valence-corrected chi connectivity index (χ3v) is 5.86. The maximum atomic E-state index is 13.3. The van der Waals surface area contributed by atoms with Crippen LogP contribution >= 0.6 is 0 Å². The largest absolute Gasteiger partial charge is 0.346 e. The van der Waals surface area contributed by atoms with Crippen molar-refractivity contribution in [3.8, 4) is 0 Å². The normalized spacial score (nSPS) is 20.9. The number of hydrogen-bond donors (Lipinski definition) is 1. The second-order valence-corrected chi connectivity index (χ2v) is 7.98. The molecular weight excluding hydrogens is 350 g/mol. The van der Waals surface area contributed by atoms with Gasteiger partial charge in [0.2, 0.25) is 5.91 Å². The summed E-state index contributed by atoms with van der Waals surface area (Å²) in [6, 6.07) is 5.89. The van der Waals surface area contributed by atoms with E-state index in [1.165, 1.54) is 0 Å². The first-order valence-electron chi connectivity index (χ1n) is 9.44. The second kappa shape index (κ2) is 5.86. The standard InChI is InChI=1S/C22H21N5O/c1-13-24-11-16(12-25-13)15-4-6-17-18(10-15)27(21(28)22(17,2)3)19-7-5-14-8-9-23-20(14)26-19/h4-5,7-12,17H,6H2,1-3H3,(H,23,26). The van der Waals surface area contributed by atoms with Gasteiger partial charge in [-0.25, -0.2) is 15.0 Å². The Hall–Kier alpha value is -3.28. The van der Waals surface area contributed by atoms with Gasteiger partial charge in [-0.05, 0) is 43.2 Å². The zero-order chi connectivity index (χ0) is 19.5. The number of pyridine rings is 1. The quantitative estimate of drug-likeness (QED) is 0.738. The molecule has 140 valence electrons. The maximum Gasteiger partial charge on any atom is 0.238 e. The van der Waals surface area contributed by atoms with Gasteiger partial charge >= 0.3 is 0 Å². The Morgan fingerprint density at radius 3 is 2.75 bits per heavy atom. The van der Waals surface area contributed by atoms with Crippen LogP contribution in [-0.2, 0) is 4.79 Å². The average Bonchev–Trinajstić information content (AvgIpc) is 3.23. The maximum absolute atomic E-state index is 13.3. The number of allylic oxidation sites excluding steroid dienone is 4. The zero-order valence-corrected chi connectivity index (χ0v) is 16.1. The number of carbonyl (C=O) groups excluding carboxylic acids is 1. The Morgan fingerprint density at radius 1 is 1.18 bits per heavy atom. The second-order valence-electron chi connectivity index (χ2n) is 7.98. The zero-order valence-electron chi connectivity index (χ0n) is 16.1. The van der Waals surface area contributed by atoms with Crippen LogP contribution in [0.2, 0.25) is 0 Å². The van der Waals surface area contributed by atoms with Gasteiger partial charge < -0.3 is 4.98 Å². The van der Waals surface area contributed by atoms with Crippen molar-refractivity contribution in [1.29, 1.82) is 0 Å². The first-order chi connectivity index (χ1) is 13.4. The monoisotopic (exact) mass is 371 g/mol. The lowest BCUT2D eigenvalue weighted by molar-refractivity contribution is -0.125. The van der Waals surface area contributed by atoms with Gasteiger partial charge in [0.25, 0.3) is 0 Å². The summed E-state index contributed by atoms with van der Waals surface area (Å²) in [5.74, 6) is 1.60. The highest BCUT2D eigenvalue weighted by molar-refractivity contribution is 6.04. The highest BCUT2D eigenvalue weighted by Crippen LogP contribution is 2.50. The van der Waals surface area contributed by atoms with Gasteiger partial charge in [-0.2, -0.15) is 0 Å². The lowest BCUT2D eigenvalue weighted by Gasteiger charge is -2.25. The molecule has 0 spiro atoms. The highest BCUT2D eigenvalue weighted by atomic mass is 16.2. The van der Waals surface area contributed by atoms with Gasteiger partial charge in [0.15, 0.2) is 0 Å². The van der Waals surface area contributed by atoms with Crippen molar-refractivity contribution in [2.75, 3.05) is 4.90 Å². The lowest BCUT2D eigenvalue weighted by Crippen LogP contribution is -2.31. The molecule has 28 heavy (non-hydrogen) atoms. The molecule has 1 N–H and O–H groups in total. The van der Waals surface area contributed by atoms with E-state index < -0.39 is 5.41 Å². The number of aryl methyl sites for hydroxylation is 1. The molecule has 2 aliphatic rings. The molecule has 0 aromatic carbocycles. The molecule has 1 amide bonds. The third kappa shape index (κ3) is 2.41. The van der Waals surface area contributed by atoms with Gasteiger partial charge in [0.05, 0.1) is 5.41 Å². The number of hydrogen-bond acceptors (Lipinski definition) is 4. The molecule has 3 aromatic rings. The van der Waals surface area contributed by atoms with Crippen LogP contribution in [0.1, 0.15) is 31.7 Å². The number of fused-ring (bicyclic) bond motifs is 2. The summed E-state index contributed by atoms with van der Waals surface area (Å²) in [4.78, 5) is 31.6. The summed E-state index contributed by atoms with van der Waals surface area (Å²) < 4.78 is 0. The van der Waals surface area contributed by atoms with Crippen molar-refractivity contribution in [2.45, 2.75) is 27.2 Å². The van der Waals surface area contributed by atoms with Gasteiger partial charge in [0, 0.05) is 41.2 Å². The predicted octanol–water partition coefficient (Wildman–Crippen LogP) is 4.02. The van der Waals surface area contributed by atoms with Crippen molar-refractivity contribution in [2.24, 2.45) is 11.3 Å². The van der Waals surface area contributed by atoms with Crippen molar-refractivity contribution < 1.29 is 4.79 Å². The fourth-order valence-corrected chi connectivity index (χ4v) is 4.15. The Labute approximate surface area is 163 Å². The molecule has 1 atom stereocenters. The molecule has 0 bridgehead atoms. The number of aromatic nitrogens is 4.